The third kappa shape index (κ3) is 16.3. The molecule has 0 aliphatic rings. The standard InChI is InChI=1S/C15H32N4O2S.HI/c1-5-7-8-9-10-14-19(3)15(16-6-2)17-12-11-13-18-22(4,20)21;/h5,18H,1,6-14H2,2-4H3,(H,16,17);1H. The van der Waals surface area contributed by atoms with Crippen LogP contribution >= 0.6 is 24.0 Å². The van der Waals surface area contributed by atoms with Crippen molar-refractivity contribution in [1.29, 1.82) is 0 Å². The minimum absolute atomic E-state index is 0. The normalized spacial score (nSPS) is 11.7. The van der Waals surface area contributed by atoms with E-state index in [-0.39, 0.29) is 24.0 Å². The van der Waals surface area contributed by atoms with Crippen molar-refractivity contribution in [2.24, 2.45) is 4.99 Å². The Kier molecular flexibility index (Phi) is 16.4. The second-order valence-electron chi connectivity index (χ2n) is 5.32. The number of aliphatic imine (C=N–C) groups is 1. The van der Waals surface area contributed by atoms with Crippen LogP contribution in [0.3, 0.4) is 0 Å². The molecule has 138 valence electrons. The molecular formula is C15H33IN4O2S. The van der Waals surface area contributed by atoms with Crippen molar-refractivity contribution in [3.8, 4) is 0 Å². The first-order valence-corrected chi connectivity index (χ1v) is 9.84. The lowest BCUT2D eigenvalue weighted by Crippen LogP contribution is -2.39. The molecule has 0 aliphatic carbocycles. The molecule has 0 amide bonds. The first kappa shape index (κ1) is 24.9. The highest BCUT2D eigenvalue weighted by Gasteiger charge is 2.05. The van der Waals surface area contributed by atoms with E-state index in [0.29, 0.717) is 19.5 Å². The summed E-state index contributed by atoms with van der Waals surface area (Å²) < 4.78 is 24.4. The predicted molar refractivity (Wildman–Crippen MR) is 110 cm³/mol. The van der Waals surface area contributed by atoms with Crippen molar-refractivity contribution in [3.05, 3.63) is 12.7 Å². The summed E-state index contributed by atoms with van der Waals surface area (Å²) in [6.07, 6.45) is 8.39. The lowest BCUT2D eigenvalue weighted by molar-refractivity contribution is 0.455. The van der Waals surface area contributed by atoms with Crippen LogP contribution in [0.25, 0.3) is 0 Å². The Morgan fingerprint density at radius 2 is 1.96 bits per heavy atom. The fourth-order valence-corrected chi connectivity index (χ4v) is 2.43. The average molecular weight is 460 g/mol. The van der Waals surface area contributed by atoms with Crippen molar-refractivity contribution in [2.45, 2.75) is 39.0 Å². The molecule has 0 heterocycles. The van der Waals surface area contributed by atoms with Gasteiger partial charge in [-0.05, 0) is 32.6 Å². The number of hydrogen-bond donors (Lipinski definition) is 2. The minimum Gasteiger partial charge on any atom is -0.357 e. The van der Waals surface area contributed by atoms with Gasteiger partial charge in [-0.15, -0.1) is 30.6 Å². The van der Waals surface area contributed by atoms with E-state index in [1.54, 1.807) is 0 Å². The van der Waals surface area contributed by atoms with Gasteiger partial charge in [0.2, 0.25) is 10.0 Å². The van der Waals surface area contributed by atoms with E-state index in [0.717, 1.165) is 31.9 Å². The fraction of sp³-hybridized carbons (Fsp3) is 0.800. The molecule has 0 radical (unpaired) electrons. The van der Waals surface area contributed by atoms with Gasteiger partial charge in [0.15, 0.2) is 5.96 Å². The highest BCUT2D eigenvalue weighted by molar-refractivity contribution is 14.0. The van der Waals surface area contributed by atoms with Crippen LogP contribution in [0.1, 0.15) is 39.0 Å². The van der Waals surface area contributed by atoms with Crippen LogP contribution in [0.5, 0.6) is 0 Å². The van der Waals surface area contributed by atoms with E-state index in [1.165, 1.54) is 19.1 Å². The second-order valence-corrected chi connectivity index (χ2v) is 7.15. The maximum Gasteiger partial charge on any atom is 0.208 e. The molecule has 6 nitrogen and oxygen atoms in total. The SMILES string of the molecule is C=CCCCCCN(C)C(=NCCCNS(C)(=O)=O)NCC.I. The van der Waals surface area contributed by atoms with Crippen LogP contribution in [0, 0.1) is 0 Å². The summed E-state index contributed by atoms with van der Waals surface area (Å²) in [6.45, 7) is 8.58. The molecule has 2 N–H and O–H groups in total. The van der Waals surface area contributed by atoms with Crippen LogP contribution in [-0.2, 0) is 10.0 Å². The average Bonchev–Trinajstić information content (AvgIpc) is 2.44. The van der Waals surface area contributed by atoms with Gasteiger partial charge in [-0.2, -0.15) is 0 Å². The molecular weight excluding hydrogens is 427 g/mol. The predicted octanol–water partition coefficient (Wildman–Crippen LogP) is 2.19. The summed E-state index contributed by atoms with van der Waals surface area (Å²) in [4.78, 5) is 6.65. The largest absolute Gasteiger partial charge is 0.357 e. The lowest BCUT2D eigenvalue weighted by atomic mass is 10.2. The van der Waals surface area contributed by atoms with Gasteiger partial charge >= 0.3 is 0 Å². The molecule has 0 saturated heterocycles. The van der Waals surface area contributed by atoms with Gasteiger partial charge in [0, 0.05) is 33.2 Å². The van der Waals surface area contributed by atoms with E-state index < -0.39 is 10.0 Å². The molecule has 0 aromatic rings. The Morgan fingerprint density at radius 1 is 1.26 bits per heavy atom. The van der Waals surface area contributed by atoms with Crippen LogP contribution < -0.4 is 10.0 Å². The van der Waals surface area contributed by atoms with E-state index in [4.69, 9.17) is 0 Å². The zero-order chi connectivity index (χ0) is 16.8. The molecule has 0 unspecified atom stereocenters. The zero-order valence-electron chi connectivity index (χ0n) is 14.7. The van der Waals surface area contributed by atoms with Crippen molar-refractivity contribution >= 4 is 40.0 Å². The number of rotatable bonds is 12. The van der Waals surface area contributed by atoms with Crippen LogP contribution in [0.2, 0.25) is 0 Å². The number of sulfonamides is 1. The van der Waals surface area contributed by atoms with Crippen molar-refractivity contribution < 1.29 is 8.42 Å². The van der Waals surface area contributed by atoms with Crippen molar-refractivity contribution in [2.75, 3.05) is 39.5 Å². The van der Waals surface area contributed by atoms with Crippen molar-refractivity contribution in [3.63, 3.8) is 0 Å². The van der Waals surface area contributed by atoms with Crippen LogP contribution in [0.15, 0.2) is 17.6 Å². The number of guanidine groups is 1. The van der Waals surface area contributed by atoms with E-state index in [2.05, 4.69) is 26.5 Å². The number of nitrogens with zero attached hydrogens (tertiary/aromatic N) is 2. The lowest BCUT2D eigenvalue weighted by Gasteiger charge is -2.22. The quantitative estimate of drug-likeness (QED) is 0.154. The number of allylic oxidation sites excluding steroid dienone is 1. The Labute approximate surface area is 159 Å². The summed E-state index contributed by atoms with van der Waals surface area (Å²) in [5, 5.41) is 3.26. The Bertz CT molecular complexity index is 427. The third-order valence-corrected chi connectivity index (χ3v) is 3.79. The molecule has 0 aromatic carbocycles. The first-order chi connectivity index (χ1) is 10.4. The smallest absolute Gasteiger partial charge is 0.208 e. The Hall–Kier alpha value is -0.350. The molecule has 0 saturated carbocycles. The van der Waals surface area contributed by atoms with Gasteiger partial charge in [-0.1, -0.05) is 12.5 Å². The Balaban J connectivity index is 0. The summed E-state index contributed by atoms with van der Waals surface area (Å²) in [7, 11) is -1.07. The highest BCUT2D eigenvalue weighted by Crippen LogP contribution is 2.01. The third-order valence-electron chi connectivity index (χ3n) is 3.06. The summed E-state index contributed by atoms with van der Waals surface area (Å²) in [5.41, 5.74) is 0. The van der Waals surface area contributed by atoms with E-state index in [1.807, 2.05) is 20.0 Å². The summed E-state index contributed by atoms with van der Waals surface area (Å²) in [6, 6.07) is 0. The number of hydrogen-bond acceptors (Lipinski definition) is 3. The fourth-order valence-electron chi connectivity index (χ4n) is 1.91. The maximum absolute atomic E-state index is 11.0. The summed E-state index contributed by atoms with van der Waals surface area (Å²) >= 11 is 0. The van der Waals surface area contributed by atoms with Gasteiger partial charge < -0.3 is 10.2 Å². The summed E-state index contributed by atoms with van der Waals surface area (Å²) in [5.74, 6) is 0.880. The molecule has 0 aliphatic heterocycles. The van der Waals surface area contributed by atoms with Crippen LogP contribution in [-0.4, -0.2) is 58.8 Å². The topological polar surface area (TPSA) is 73.8 Å². The van der Waals surface area contributed by atoms with Crippen LogP contribution in [0.4, 0.5) is 0 Å². The van der Waals surface area contributed by atoms with E-state index in [9.17, 15) is 8.42 Å². The van der Waals surface area contributed by atoms with Gasteiger partial charge in [-0.3, -0.25) is 4.99 Å². The van der Waals surface area contributed by atoms with Gasteiger partial charge in [0.25, 0.3) is 0 Å². The highest BCUT2D eigenvalue weighted by atomic mass is 127. The van der Waals surface area contributed by atoms with Gasteiger partial charge in [0.05, 0.1) is 6.26 Å². The molecule has 0 aromatic heterocycles. The Morgan fingerprint density at radius 3 is 2.52 bits per heavy atom. The molecule has 0 atom stereocenters. The molecule has 0 bridgehead atoms. The maximum atomic E-state index is 11.0. The van der Waals surface area contributed by atoms with Gasteiger partial charge in [-0.25, -0.2) is 13.1 Å². The van der Waals surface area contributed by atoms with E-state index >= 15 is 0 Å². The molecule has 0 spiro atoms. The zero-order valence-corrected chi connectivity index (χ0v) is 17.8. The van der Waals surface area contributed by atoms with Gasteiger partial charge in [0.1, 0.15) is 0 Å². The van der Waals surface area contributed by atoms with Crippen molar-refractivity contribution in [1.82, 2.24) is 14.9 Å². The monoisotopic (exact) mass is 460 g/mol. The minimum atomic E-state index is -3.10. The number of nitrogens with one attached hydrogen (secondary N) is 2. The second kappa shape index (κ2) is 15.2. The number of halogens is 1. The first-order valence-electron chi connectivity index (χ1n) is 7.95. The number of unbranched alkanes of at least 4 members (excludes halogenated alkanes) is 3. The molecule has 8 heteroatoms. The molecule has 0 rings (SSSR count). The molecule has 23 heavy (non-hydrogen) atoms. The molecule has 0 fully saturated rings.